The predicted octanol–water partition coefficient (Wildman–Crippen LogP) is 3.33. The predicted molar refractivity (Wildman–Crippen MR) is 91.3 cm³/mol. The van der Waals surface area contributed by atoms with E-state index >= 15 is 0 Å². The third-order valence-electron chi connectivity index (χ3n) is 3.37. The van der Waals surface area contributed by atoms with Crippen LogP contribution in [-0.4, -0.2) is 31.8 Å². The van der Waals surface area contributed by atoms with Crippen molar-refractivity contribution in [1.29, 1.82) is 0 Å². The van der Waals surface area contributed by atoms with Crippen molar-refractivity contribution in [3.05, 3.63) is 52.5 Å². The van der Waals surface area contributed by atoms with Crippen molar-refractivity contribution in [2.75, 3.05) is 19.8 Å². The zero-order valence-electron chi connectivity index (χ0n) is 12.6. The van der Waals surface area contributed by atoms with E-state index in [2.05, 4.69) is 5.32 Å². The van der Waals surface area contributed by atoms with Gasteiger partial charge in [0.05, 0.1) is 11.6 Å². The van der Waals surface area contributed by atoms with Gasteiger partial charge in [-0.05, 0) is 24.3 Å². The first-order valence-electron chi connectivity index (χ1n) is 7.35. The molecular weight excluding hydrogens is 353 g/mol. The third-order valence-corrected chi connectivity index (χ3v) is 4.17. The highest BCUT2D eigenvalue weighted by Crippen LogP contribution is 2.32. The highest BCUT2D eigenvalue weighted by atomic mass is 35.5. The van der Waals surface area contributed by atoms with E-state index in [-0.39, 0.29) is 23.6 Å². The van der Waals surface area contributed by atoms with Crippen molar-refractivity contribution in [3.63, 3.8) is 0 Å². The SMILES string of the molecule is O=C(COc1cccc(Cl)c1Cl)NC[C@@H]1COc2ccccc2O1. The minimum Gasteiger partial charge on any atom is -0.486 e. The van der Waals surface area contributed by atoms with Crippen LogP contribution >= 0.6 is 23.2 Å². The molecule has 0 radical (unpaired) electrons. The van der Waals surface area contributed by atoms with Gasteiger partial charge in [0.25, 0.3) is 5.91 Å². The number of ether oxygens (including phenoxy) is 3. The van der Waals surface area contributed by atoms with Gasteiger partial charge in [0.15, 0.2) is 18.1 Å². The molecule has 2 aromatic carbocycles. The Kier molecular flexibility index (Phi) is 5.33. The number of para-hydroxylation sites is 2. The number of carbonyl (C=O) groups excluding carboxylic acids is 1. The number of hydrogen-bond donors (Lipinski definition) is 1. The zero-order valence-corrected chi connectivity index (χ0v) is 14.1. The molecule has 0 fully saturated rings. The number of benzene rings is 2. The lowest BCUT2D eigenvalue weighted by atomic mass is 10.2. The minimum atomic E-state index is -0.284. The normalized spacial score (nSPS) is 15.7. The molecule has 1 heterocycles. The van der Waals surface area contributed by atoms with Gasteiger partial charge in [-0.25, -0.2) is 0 Å². The molecule has 1 aliphatic rings. The van der Waals surface area contributed by atoms with E-state index in [1.54, 1.807) is 18.2 Å². The van der Waals surface area contributed by atoms with E-state index in [1.807, 2.05) is 24.3 Å². The van der Waals surface area contributed by atoms with Crippen molar-refractivity contribution < 1.29 is 19.0 Å². The van der Waals surface area contributed by atoms with Crippen molar-refractivity contribution in [2.45, 2.75) is 6.10 Å². The molecule has 0 spiro atoms. The quantitative estimate of drug-likeness (QED) is 0.880. The lowest BCUT2D eigenvalue weighted by molar-refractivity contribution is -0.123. The van der Waals surface area contributed by atoms with Crippen molar-refractivity contribution >= 4 is 29.1 Å². The molecule has 0 saturated carbocycles. The van der Waals surface area contributed by atoms with E-state index < -0.39 is 0 Å². The van der Waals surface area contributed by atoms with Crippen molar-refractivity contribution in [3.8, 4) is 17.2 Å². The molecule has 1 aliphatic heterocycles. The molecule has 0 aromatic heterocycles. The zero-order chi connectivity index (χ0) is 16.9. The lowest BCUT2D eigenvalue weighted by Crippen LogP contribution is -2.42. The van der Waals surface area contributed by atoms with Crippen LogP contribution in [0, 0.1) is 0 Å². The number of fused-ring (bicyclic) bond motifs is 1. The summed E-state index contributed by atoms with van der Waals surface area (Å²) in [5, 5.41) is 3.40. The van der Waals surface area contributed by atoms with Crippen LogP contribution in [0.25, 0.3) is 0 Å². The van der Waals surface area contributed by atoms with Crippen LogP contribution in [0.3, 0.4) is 0 Å². The lowest BCUT2D eigenvalue weighted by Gasteiger charge is -2.26. The fraction of sp³-hybridized carbons (Fsp3) is 0.235. The monoisotopic (exact) mass is 367 g/mol. The Labute approximate surface area is 149 Å². The largest absolute Gasteiger partial charge is 0.486 e. The molecular formula is C17H15Cl2NO4. The number of nitrogens with one attached hydrogen (secondary N) is 1. The Bertz CT molecular complexity index is 738. The van der Waals surface area contributed by atoms with E-state index in [1.165, 1.54) is 0 Å². The van der Waals surface area contributed by atoms with E-state index in [9.17, 15) is 4.79 Å². The molecule has 0 unspecified atom stereocenters. The topological polar surface area (TPSA) is 56.8 Å². The first-order valence-corrected chi connectivity index (χ1v) is 8.11. The second-order valence-corrected chi connectivity index (χ2v) is 5.93. The molecule has 1 amide bonds. The third kappa shape index (κ3) is 4.04. The van der Waals surface area contributed by atoms with Gasteiger partial charge in [-0.15, -0.1) is 0 Å². The summed E-state index contributed by atoms with van der Waals surface area (Å²) in [6, 6.07) is 12.4. The summed E-state index contributed by atoms with van der Waals surface area (Å²) in [6.45, 7) is 0.530. The Morgan fingerprint density at radius 1 is 1.17 bits per heavy atom. The van der Waals surface area contributed by atoms with E-state index in [0.29, 0.717) is 35.4 Å². The maximum Gasteiger partial charge on any atom is 0.258 e. The second kappa shape index (κ2) is 7.64. The van der Waals surface area contributed by atoms with Crippen LogP contribution in [0.15, 0.2) is 42.5 Å². The van der Waals surface area contributed by atoms with Gasteiger partial charge in [-0.1, -0.05) is 41.4 Å². The van der Waals surface area contributed by atoms with Crippen LogP contribution in [0.2, 0.25) is 10.0 Å². The Morgan fingerprint density at radius 2 is 1.96 bits per heavy atom. The summed E-state index contributed by atoms with van der Waals surface area (Å²) in [4.78, 5) is 11.9. The van der Waals surface area contributed by atoms with Crippen LogP contribution in [0.1, 0.15) is 0 Å². The van der Waals surface area contributed by atoms with E-state index in [0.717, 1.165) is 0 Å². The smallest absolute Gasteiger partial charge is 0.258 e. The van der Waals surface area contributed by atoms with Crippen LogP contribution in [0.5, 0.6) is 17.2 Å². The number of carbonyl (C=O) groups is 1. The first-order chi connectivity index (χ1) is 11.6. The van der Waals surface area contributed by atoms with Gasteiger partial charge in [-0.2, -0.15) is 0 Å². The number of rotatable bonds is 5. The van der Waals surface area contributed by atoms with Crippen molar-refractivity contribution in [1.82, 2.24) is 5.32 Å². The molecule has 24 heavy (non-hydrogen) atoms. The summed E-state index contributed by atoms with van der Waals surface area (Å²) in [7, 11) is 0. The summed E-state index contributed by atoms with van der Waals surface area (Å²) in [5.74, 6) is 1.46. The fourth-order valence-corrected chi connectivity index (χ4v) is 2.53. The Hall–Kier alpha value is -2.11. The number of amides is 1. The second-order valence-electron chi connectivity index (χ2n) is 5.14. The minimum absolute atomic E-state index is 0.162. The summed E-state index contributed by atoms with van der Waals surface area (Å²) in [6.07, 6.45) is -0.251. The molecule has 0 aliphatic carbocycles. The Morgan fingerprint density at radius 3 is 2.79 bits per heavy atom. The maximum atomic E-state index is 11.9. The average molecular weight is 368 g/mol. The molecule has 7 heteroatoms. The van der Waals surface area contributed by atoms with Crippen LogP contribution in [0.4, 0.5) is 0 Å². The standard InChI is InChI=1S/C17H15Cl2NO4/c18-12-4-3-7-15(17(12)19)23-10-16(21)20-8-11-9-22-13-5-1-2-6-14(13)24-11/h1-7,11H,8-10H2,(H,20,21)/t11-/m1/s1. The van der Waals surface area contributed by atoms with Gasteiger partial charge in [-0.3, -0.25) is 4.79 Å². The van der Waals surface area contributed by atoms with Crippen LogP contribution < -0.4 is 19.5 Å². The average Bonchev–Trinajstić information content (AvgIpc) is 2.61. The fourth-order valence-electron chi connectivity index (χ4n) is 2.18. The Balaban J connectivity index is 1.46. The summed E-state index contributed by atoms with van der Waals surface area (Å²) in [5.41, 5.74) is 0. The maximum absolute atomic E-state index is 11.9. The van der Waals surface area contributed by atoms with Gasteiger partial charge < -0.3 is 19.5 Å². The number of halogens is 2. The molecule has 126 valence electrons. The van der Waals surface area contributed by atoms with Crippen molar-refractivity contribution in [2.24, 2.45) is 0 Å². The summed E-state index contributed by atoms with van der Waals surface area (Å²) >= 11 is 11.9. The molecule has 1 N–H and O–H groups in total. The summed E-state index contributed by atoms with van der Waals surface area (Å²) < 4.78 is 16.7. The van der Waals surface area contributed by atoms with Gasteiger partial charge in [0.2, 0.25) is 0 Å². The highest BCUT2D eigenvalue weighted by molar-refractivity contribution is 6.42. The van der Waals surface area contributed by atoms with Gasteiger partial charge >= 0.3 is 0 Å². The molecule has 0 bridgehead atoms. The van der Waals surface area contributed by atoms with Gasteiger partial charge in [0, 0.05) is 0 Å². The number of hydrogen-bond acceptors (Lipinski definition) is 4. The molecule has 1 atom stereocenters. The molecule has 0 saturated heterocycles. The molecule has 3 rings (SSSR count). The molecule has 2 aromatic rings. The van der Waals surface area contributed by atoms with Gasteiger partial charge in [0.1, 0.15) is 23.5 Å². The highest BCUT2D eigenvalue weighted by Gasteiger charge is 2.21. The van der Waals surface area contributed by atoms with E-state index in [4.69, 9.17) is 37.4 Å². The first kappa shape index (κ1) is 16.7. The van der Waals surface area contributed by atoms with Crippen LogP contribution in [-0.2, 0) is 4.79 Å². The molecule has 5 nitrogen and oxygen atoms in total.